The van der Waals surface area contributed by atoms with Crippen LogP contribution < -0.4 is 0 Å². The molecule has 0 bridgehead atoms. The maximum absolute atomic E-state index is 12.4. The summed E-state index contributed by atoms with van der Waals surface area (Å²) in [5.41, 5.74) is 0.910. The third kappa shape index (κ3) is 5.36. The molecule has 1 rings (SSSR count). The molecule has 2 heteroatoms. The summed E-state index contributed by atoms with van der Waals surface area (Å²) < 4.78 is 5.51. The molecular formula is C18H28O2. The van der Waals surface area contributed by atoms with Gasteiger partial charge in [0.25, 0.3) is 0 Å². The first-order valence-corrected chi connectivity index (χ1v) is 7.48. The molecule has 2 nitrogen and oxygen atoms in total. The van der Waals surface area contributed by atoms with Crippen LogP contribution >= 0.6 is 0 Å². The lowest BCUT2D eigenvalue weighted by molar-refractivity contribution is -0.157. The Morgan fingerprint density at radius 2 is 1.65 bits per heavy atom. The minimum atomic E-state index is -0.373. The molecule has 0 saturated heterocycles. The Kier molecular flexibility index (Phi) is 5.79. The highest BCUT2D eigenvalue weighted by Gasteiger charge is 2.34. The van der Waals surface area contributed by atoms with E-state index in [1.54, 1.807) is 0 Å². The largest absolute Gasteiger partial charge is 0.460 e. The Morgan fingerprint density at radius 1 is 1.05 bits per heavy atom. The van der Waals surface area contributed by atoms with Crippen molar-refractivity contribution in [1.29, 1.82) is 0 Å². The summed E-state index contributed by atoms with van der Waals surface area (Å²) in [6.07, 6.45) is 2.72. The lowest BCUT2D eigenvalue weighted by Crippen LogP contribution is -2.30. The van der Waals surface area contributed by atoms with Crippen LogP contribution in [0.4, 0.5) is 0 Å². The second-order valence-corrected chi connectivity index (χ2v) is 7.04. The van der Waals surface area contributed by atoms with Crippen molar-refractivity contribution in [3.8, 4) is 0 Å². The average Bonchev–Trinajstić information content (AvgIpc) is 2.42. The molecule has 0 aliphatic rings. The van der Waals surface area contributed by atoms with Gasteiger partial charge in [0.05, 0.1) is 5.41 Å². The molecule has 0 aromatic heterocycles. The zero-order chi connectivity index (χ0) is 15.2. The van der Waals surface area contributed by atoms with E-state index in [0.29, 0.717) is 6.61 Å². The van der Waals surface area contributed by atoms with Gasteiger partial charge < -0.3 is 4.74 Å². The summed E-state index contributed by atoms with van der Waals surface area (Å²) in [5.74, 6) is -0.0758. The molecule has 0 aliphatic carbocycles. The molecule has 1 atom stereocenters. The predicted octanol–water partition coefficient (Wildman–Crippen LogP) is 4.97. The fraction of sp³-hybridized carbons (Fsp3) is 0.611. The van der Waals surface area contributed by atoms with Crippen LogP contribution in [-0.2, 0) is 16.1 Å². The third-order valence-electron chi connectivity index (χ3n) is 3.91. The smallest absolute Gasteiger partial charge is 0.312 e. The Hall–Kier alpha value is -1.31. The van der Waals surface area contributed by atoms with Crippen LogP contribution in [0, 0.1) is 10.8 Å². The molecule has 1 unspecified atom stereocenters. The Morgan fingerprint density at radius 3 is 2.15 bits per heavy atom. The van der Waals surface area contributed by atoms with Crippen molar-refractivity contribution in [1.82, 2.24) is 0 Å². The van der Waals surface area contributed by atoms with Gasteiger partial charge in [0.15, 0.2) is 0 Å². The molecule has 0 fully saturated rings. The van der Waals surface area contributed by atoms with Crippen LogP contribution in [0.25, 0.3) is 0 Å². The van der Waals surface area contributed by atoms with Crippen molar-refractivity contribution in [3.63, 3.8) is 0 Å². The quantitative estimate of drug-likeness (QED) is 0.685. The lowest BCUT2D eigenvalue weighted by Gasteiger charge is -2.29. The fourth-order valence-corrected chi connectivity index (χ4v) is 1.97. The normalized spacial score (nSPS) is 14.7. The van der Waals surface area contributed by atoms with Crippen LogP contribution in [-0.4, -0.2) is 5.97 Å². The Bertz CT molecular complexity index is 417. The van der Waals surface area contributed by atoms with Gasteiger partial charge in [-0.2, -0.15) is 0 Å². The summed E-state index contributed by atoms with van der Waals surface area (Å²) >= 11 is 0. The summed E-state index contributed by atoms with van der Waals surface area (Å²) in [6.45, 7) is 11.1. The van der Waals surface area contributed by atoms with Crippen molar-refractivity contribution < 1.29 is 9.53 Å². The van der Waals surface area contributed by atoms with E-state index in [4.69, 9.17) is 4.74 Å². The first kappa shape index (κ1) is 16.7. The van der Waals surface area contributed by atoms with Gasteiger partial charge in [0, 0.05) is 0 Å². The van der Waals surface area contributed by atoms with Crippen molar-refractivity contribution in [2.24, 2.45) is 10.8 Å². The van der Waals surface area contributed by atoms with Gasteiger partial charge >= 0.3 is 5.97 Å². The number of ether oxygens (including phenoxy) is 1. The molecule has 0 spiro atoms. The van der Waals surface area contributed by atoms with Crippen LogP contribution in [0.15, 0.2) is 30.3 Å². The lowest BCUT2D eigenvalue weighted by atomic mass is 9.77. The Labute approximate surface area is 123 Å². The van der Waals surface area contributed by atoms with Gasteiger partial charge in [0.1, 0.15) is 6.61 Å². The molecule has 1 aromatic rings. The van der Waals surface area contributed by atoms with Crippen LogP contribution in [0.5, 0.6) is 0 Å². The second kappa shape index (κ2) is 6.92. The van der Waals surface area contributed by atoms with E-state index < -0.39 is 0 Å². The van der Waals surface area contributed by atoms with E-state index in [1.807, 2.05) is 37.3 Å². The second-order valence-electron chi connectivity index (χ2n) is 7.04. The number of carbonyl (C=O) groups is 1. The molecule has 20 heavy (non-hydrogen) atoms. The maximum atomic E-state index is 12.4. The van der Waals surface area contributed by atoms with E-state index >= 15 is 0 Å². The number of hydrogen-bond acceptors (Lipinski definition) is 2. The van der Waals surface area contributed by atoms with E-state index in [-0.39, 0.29) is 16.8 Å². The molecule has 0 aliphatic heterocycles. The Balaban J connectivity index is 2.57. The molecule has 0 N–H and O–H groups in total. The van der Waals surface area contributed by atoms with Crippen molar-refractivity contribution in [2.75, 3.05) is 0 Å². The maximum Gasteiger partial charge on any atom is 0.312 e. The zero-order valence-corrected chi connectivity index (χ0v) is 13.5. The van der Waals surface area contributed by atoms with Gasteiger partial charge in [-0.05, 0) is 37.2 Å². The monoisotopic (exact) mass is 276 g/mol. The van der Waals surface area contributed by atoms with E-state index in [2.05, 4.69) is 27.7 Å². The average molecular weight is 276 g/mol. The highest BCUT2D eigenvalue weighted by atomic mass is 16.5. The highest BCUT2D eigenvalue weighted by molar-refractivity contribution is 5.76. The molecular weight excluding hydrogens is 248 g/mol. The summed E-state index contributed by atoms with van der Waals surface area (Å²) in [5, 5.41) is 0. The molecule has 0 saturated carbocycles. The van der Waals surface area contributed by atoms with Crippen LogP contribution in [0.3, 0.4) is 0 Å². The zero-order valence-electron chi connectivity index (χ0n) is 13.5. The van der Waals surface area contributed by atoms with E-state index in [9.17, 15) is 4.79 Å². The number of hydrogen-bond donors (Lipinski definition) is 0. The summed E-state index contributed by atoms with van der Waals surface area (Å²) in [7, 11) is 0. The third-order valence-corrected chi connectivity index (χ3v) is 3.91. The van der Waals surface area contributed by atoms with Crippen molar-refractivity contribution in [3.05, 3.63) is 35.9 Å². The first-order valence-electron chi connectivity index (χ1n) is 7.48. The number of esters is 1. The van der Waals surface area contributed by atoms with Gasteiger partial charge in [0.2, 0.25) is 0 Å². The molecule has 112 valence electrons. The van der Waals surface area contributed by atoms with Gasteiger partial charge in [-0.25, -0.2) is 0 Å². The standard InChI is InChI=1S/C18H28O2/c1-6-18(5,13-12-17(2,3)4)16(19)20-14-15-10-8-7-9-11-15/h7-11H,6,12-14H2,1-5H3. The topological polar surface area (TPSA) is 26.3 Å². The van der Waals surface area contributed by atoms with Crippen molar-refractivity contribution >= 4 is 5.97 Å². The summed E-state index contributed by atoms with van der Waals surface area (Å²) in [6, 6.07) is 9.84. The molecule has 0 heterocycles. The summed E-state index contributed by atoms with van der Waals surface area (Å²) in [4.78, 5) is 12.4. The van der Waals surface area contributed by atoms with Crippen LogP contribution in [0.2, 0.25) is 0 Å². The first-order chi connectivity index (χ1) is 9.27. The SMILES string of the molecule is CCC(C)(CCC(C)(C)C)C(=O)OCc1ccccc1. The minimum Gasteiger partial charge on any atom is -0.460 e. The van der Waals surface area contributed by atoms with Gasteiger partial charge in [-0.3, -0.25) is 4.79 Å². The molecule has 0 radical (unpaired) electrons. The number of carbonyl (C=O) groups excluding carboxylic acids is 1. The van der Waals surface area contributed by atoms with E-state index in [1.165, 1.54) is 0 Å². The van der Waals surface area contributed by atoms with Gasteiger partial charge in [-0.1, -0.05) is 58.0 Å². The minimum absolute atomic E-state index is 0.0758. The van der Waals surface area contributed by atoms with Crippen molar-refractivity contribution in [2.45, 2.75) is 60.5 Å². The predicted molar refractivity (Wildman–Crippen MR) is 83.3 cm³/mol. The van der Waals surface area contributed by atoms with Crippen LogP contribution in [0.1, 0.15) is 59.4 Å². The fourth-order valence-electron chi connectivity index (χ4n) is 1.97. The van der Waals surface area contributed by atoms with Gasteiger partial charge in [-0.15, -0.1) is 0 Å². The highest BCUT2D eigenvalue weighted by Crippen LogP contribution is 2.34. The number of rotatable bonds is 6. The van der Waals surface area contributed by atoms with E-state index in [0.717, 1.165) is 24.8 Å². The molecule has 0 amide bonds. The number of benzene rings is 1. The molecule has 1 aromatic carbocycles.